The van der Waals surface area contributed by atoms with Crippen molar-refractivity contribution >= 4 is 5.91 Å². The van der Waals surface area contributed by atoms with Gasteiger partial charge < -0.3 is 14.5 Å². The van der Waals surface area contributed by atoms with Crippen LogP contribution < -0.4 is 0 Å². The van der Waals surface area contributed by atoms with Crippen LogP contribution in [0.5, 0.6) is 0 Å². The summed E-state index contributed by atoms with van der Waals surface area (Å²) in [6, 6.07) is 7.68. The van der Waals surface area contributed by atoms with E-state index < -0.39 is 5.82 Å². The minimum atomic E-state index is -0.417. The number of carbonyl (C=O) groups excluding carboxylic acids is 1. The lowest BCUT2D eigenvalue weighted by atomic mass is 10.1. The Morgan fingerprint density at radius 2 is 2.04 bits per heavy atom. The number of aromatic nitrogens is 1. The predicted molar refractivity (Wildman–Crippen MR) is 85.9 cm³/mol. The first kappa shape index (κ1) is 16.6. The molecular formula is C17H20FN3O3. The van der Waals surface area contributed by atoms with Gasteiger partial charge in [0.05, 0.1) is 11.7 Å². The molecule has 0 aliphatic carbocycles. The van der Waals surface area contributed by atoms with E-state index in [0.29, 0.717) is 32.7 Å². The molecule has 1 aliphatic heterocycles. The van der Waals surface area contributed by atoms with E-state index in [1.165, 1.54) is 12.1 Å². The number of amides is 1. The number of aliphatic hydroxyl groups excluding tert-OH is 1. The maximum atomic E-state index is 13.8. The van der Waals surface area contributed by atoms with E-state index in [1.807, 2.05) is 0 Å². The molecule has 24 heavy (non-hydrogen) atoms. The third-order valence-electron chi connectivity index (χ3n) is 4.05. The van der Waals surface area contributed by atoms with Gasteiger partial charge in [-0.25, -0.2) is 4.39 Å². The number of hydrogen-bond acceptors (Lipinski definition) is 5. The second kappa shape index (κ2) is 7.11. The standard InChI is InChI=1S/C17H20FN3O3/c1-12(22)11-20-6-8-21(9-7-20)17(23)15-10-16(24-19-15)13-4-2-3-5-14(13)18/h2-5,10,12,22H,6-9,11H2,1H3/t12-/m1/s1. The molecule has 0 bridgehead atoms. The van der Waals surface area contributed by atoms with Crippen LogP contribution in [0, 0.1) is 5.82 Å². The minimum Gasteiger partial charge on any atom is -0.392 e. The SMILES string of the molecule is C[C@@H](O)CN1CCN(C(=O)c2cc(-c3ccccc3F)on2)CC1. The lowest BCUT2D eigenvalue weighted by Crippen LogP contribution is -2.50. The summed E-state index contributed by atoms with van der Waals surface area (Å²) < 4.78 is 18.9. The largest absolute Gasteiger partial charge is 0.392 e. The number of halogens is 1. The predicted octanol–water partition coefficient (Wildman–Crippen LogP) is 1.62. The normalized spacial score (nSPS) is 17.0. The van der Waals surface area contributed by atoms with E-state index in [2.05, 4.69) is 10.1 Å². The number of aliphatic hydroxyl groups is 1. The molecule has 7 heteroatoms. The van der Waals surface area contributed by atoms with Crippen molar-refractivity contribution in [3.63, 3.8) is 0 Å². The maximum absolute atomic E-state index is 13.8. The Bertz CT molecular complexity index is 709. The Morgan fingerprint density at radius 3 is 2.71 bits per heavy atom. The zero-order valence-electron chi connectivity index (χ0n) is 13.5. The summed E-state index contributed by atoms with van der Waals surface area (Å²) in [4.78, 5) is 16.3. The number of benzene rings is 1. The maximum Gasteiger partial charge on any atom is 0.276 e. The Balaban J connectivity index is 1.66. The quantitative estimate of drug-likeness (QED) is 0.921. The monoisotopic (exact) mass is 333 g/mol. The van der Waals surface area contributed by atoms with Crippen molar-refractivity contribution in [2.75, 3.05) is 32.7 Å². The van der Waals surface area contributed by atoms with Crippen molar-refractivity contribution in [2.45, 2.75) is 13.0 Å². The van der Waals surface area contributed by atoms with E-state index in [0.717, 1.165) is 0 Å². The van der Waals surface area contributed by atoms with E-state index in [1.54, 1.807) is 30.0 Å². The summed E-state index contributed by atoms with van der Waals surface area (Å²) in [5.41, 5.74) is 0.461. The second-order valence-corrected chi connectivity index (χ2v) is 6.00. The summed E-state index contributed by atoms with van der Waals surface area (Å²) in [6.45, 7) is 4.88. The van der Waals surface area contributed by atoms with E-state index in [9.17, 15) is 14.3 Å². The number of rotatable bonds is 4. The van der Waals surface area contributed by atoms with Gasteiger partial charge in [-0.05, 0) is 19.1 Å². The molecule has 1 aliphatic rings. The molecule has 1 saturated heterocycles. The molecule has 1 atom stereocenters. The Hall–Kier alpha value is -2.25. The molecule has 1 aromatic carbocycles. The molecule has 1 aromatic heterocycles. The van der Waals surface area contributed by atoms with Gasteiger partial charge in [-0.1, -0.05) is 17.3 Å². The van der Waals surface area contributed by atoms with Gasteiger partial charge >= 0.3 is 0 Å². The van der Waals surface area contributed by atoms with Crippen LogP contribution in [0.3, 0.4) is 0 Å². The van der Waals surface area contributed by atoms with Crippen LogP contribution in [0.2, 0.25) is 0 Å². The van der Waals surface area contributed by atoms with E-state index >= 15 is 0 Å². The van der Waals surface area contributed by atoms with Gasteiger partial charge in [0.15, 0.2) is 11.5 Å². The average molecular weight is 333 g/mol. The summed E-state index contributed by atoms with van der Waals surface area (Å²) in [5.74, 6) is -0.401. The Kier molecular flexibility index (Phi) is 4.92. The van der Waals surface area contributed by atoms with Crippen molar-refractivity contribution in [2.24, 2.45) is 0 Å². The van der Waals surface area contributed by atoms with E-state index in [4.69, 9.17) is 4.52 Å². The molecule has 2 aromatic rings. The van der Waals surface area contributed by atoms with Gasteiger partial charge in [0, 0.05) is 38.8 Å². The highest BCUT2D eigenvalue weighted by Crippen LogP contribution is 2.23. The highest BCUT2D eigenvalue weighted by Gasteiger charge is 2.25. The van der Waals surface area contributed by atoms with Crippen molar-refractivity contribution in [1.29, 1.82) is 0 Å². The number of β-amino-alcohol motifs (C(OH)–C–C–N with tert-alkyl or cyclic N) is 1. The highest BCUT2D eigenvalue weighted by molar-refractivity contribution is 5.93. The van der Waals surface area contributed by atoms with Crippen LogP contribution in [0.15, 0.2) is 34.9 Å². The molecule has 128 valence electrons. The summed E-state index contributed by atoms with van der Waals surface area (Å²) in [5, 5.41) is 13.2. The third kappa shape index (κ3) is 3.63. The van der Waals surface area contributed by atoms with Crippen LogP contribution >= 0.6 is 0 Å². The first-order chi connectivity index (χ1) is 11.5. The van der Waals surface area contributed by atoms with Gasteiger partial charge in [-0.15, -0.1) is 0 Å². The van der Waals surface area contributed by atoms with E-state index in [-0.39, 0.29) is 29.0 Å². The Labute approximate surface area is 139 Å². The molecule has 0 unspecified atom stereocenters. The van der Waals surface area contributed by atoms with Crippen LogP contribution in [0.4, 0.5) is 4.39 Å². The minimum absolute atomic E-state index is 0.178. The fraction of sp³-hybridized carbons (Fsp3) is 0.412. The molecular weight excluding hydrogens is 313 g/mol. The van der Waals surface area contributed by atoms with Crippen molar-refractivity contribution in [3.8, 4) is 11.3 Å². The van der Waals surface area contributed by atoms with Gasteiger partial charge in [0.2, 0.25) is 0 Å². The molecule has 0 saturated carbocycles. The molecule has 1 amide bonds. The topological polar surface area (TPSA) is 69.8 Å². The highest BCUT2D eigenvalue weighted by atomic mass is 19.1. The van der Waals surface area contributed by atoms with Crippen LogP contribution in [-0.2, 0) is 0 Å². The van der Waals surface area contributed by atoms with Gasteiger partial charge in [0.1, 0.15) is 5.82 Å². The fourth-order valence-corrected chi connectivity index (χ4v) is 2.83. The molecule has 1 N–H and O–H groups in total. The zero-order chi connectivity index (χ0) is 17.1. The molecule has 3 rings (SSSR count). The smallest absolute Gasteiger partial charge is 0.276 e. The lowest BCUT2D eigenvalue weighted by molar-refractivity contribution is 0.0546. The first-order valence-corrected chi connectivity index (χ1v) is 7.96. The number of piperazine rings is 1. The first-order valence-electron chi connectivity index (χ1n) is 7.96. The number of hydrogen-bond donors (Lipinski definition) is 1. The van der Waals surface area contributed by atoms with Crippen molar-refractivity contribution in [1.82, 2.24) is 15.0 Å². The number of carbonyl (C=O) groups is 1. The van der Waals surface area contributed by atoms with Gasteiger partial charge in [0.25, 0.3) is 5.91 Å². The Morgan fingerprint density at radius 1 is 1.33 bits per heavy atom. The summed E-state index contributed by atoms with van der Waals surface area (Å²) in [7, 11) is 0. The molecule has 1 fully saturated rings. The number of nitrogens with zero attached hydrogens (tertiary/aromatic N) is 3. The fourth-order valence-electron chi connectivity index (χ4n) is 2.83. The zero-order valence-corrected chi connectivity index (χ0v) is 13.5. The lowest BCUT2D eigenvalue weighted by Gasteiger charge is -2.34. The second-order valence-electron chi connectivity index (χ2n) is 6.00. The van der Waals surface area contributed by atoms with Gasteiger partial charge in [-0.2, -0.15) is 0 Å². The molecule has 0 spiro atoms. The molecule has 2 heterocycles. The molecule has 0 radical (unpaired) electrons. The van der Waals surface area contributed by atoms with Crippen LogP contribution in [0.25, 0.3) is 11.3 Å². The van der Waals surface area contributed by atoms with Crippen molar-refractivity contribution in [3.05, 3.63) is 41.8 Å². The molecule has 6 nitrogen and oxygen atoms in total. The third-order valence-corrected chi connectivity index (χ3v) is 4.05. The summed E-state index contributed by atoms with van der Waals surface area (Å²) >= 11 is 0. The van der Waals surface area contributed by atoms with Gasteiger partial charge in [-0.3, -0.25) is 9.69 Å². The van der Waals surface area contributed by atoms with Crippen LogP contribution in [0.1, 0.15) is 17.4 Å². The van der Waals surface area contributed by atoms with Crippen molar-refractivity contribution < 1.29 is 18.8 Å². The van der Waals surface area contributed by atoms with Crippen LogP contribution in [-0.4, -0.2) is 64.8 Å². The average Bonchev–Trinajstić information content (AvgIpc) is 3.04. The summed E-state index contributed by atoms with van der Waals surface area (Å²) in [6.07, 6.45) is -0.383.